The highest BCUT2D eigenvalue weighted by Crippen LogP contribution is 2.24. The van der Waals surface area contributed by atoms with Gasteiger partial charge in [-0.25, -0.2) is 4.79 Å². The Morgan fingerprint density at radius 3 is 2.33 bits per heavy atom. The Hall–Kier alpha value is -2.12. The van der Waals surface area contributed by atoms with E-state index in [4.69, 9.17) is 10.8 Å². The maximum atomic E-state index is 11.7. The molecule has 3 amide bonds. The van der Waals surface area contributed by atoms with Crippen LogP contribution in [0.2, 0.25) is 0 Å². The second-order valence-corrected chi connectivity index (χ2v) is 5.15. The van der Waals surface area contributed by atoms with Crippen LogP contribution in [0.25, 0.3) is 0 Å². The molecular weight excluding hydrogens is 278 g/mol. The van der Waals surface area contributed by atoms with Crippen LogP contribution in [0, 0.1) is 5.92 Å². The fourth-order valence-electron chi connectivity index (χ4n) is 2.30. The van der Waals surface area contributed by atoms with Crippen molar-refractivity contribution < 1.29 is 24.3 Å². The minimum absolute atomic E-state index is 0.0229. The van der Waals surface area contributed by atoms with E-state index < -0.39 is 30.2 Å². The molecule has 0 aromatic rings. The van der Waals surface area contributed by atoms with Crippen molar-refractivity contribution >= 4 is 23.7 Å². The van der Waals surface area contributed by atoms with E-state index in [1.807, 2.05) is 0 Å². The van der Waals surface area contributed by atoms with Crippen molar-refractivity contribution in [2.45, 2.75) is 44.6 Å². The predicted molar refractivity (Wildman–Crippen MR) is 73.0 cm³/mol. The van der Waals surface area contributed by atoms with Gasteiger partial charge in [0.2, 0.25) is 17.7 Å². The molecule has 0 bridgehead atoms. The molecule has 1 rings (SSSR count). The lowest BCUT2D eigenvalue weighted by atomic mass is 10.1. The van der Waals surface area contributed by atoms with Gasteiger partial charge in [-0.05, 0) is 12.8 Å². The quantitative estimate of drug-likeness (QED) is 0.461. The van der Waals surface area contributed by atoms with Crippen LogP contribution in [-0.2, 0) is 19.2 Å². The summed E-state index contributed by atoms with van der Waals surface area (Å²) in [6.07, 6.45) is 3.34. The van der Waals surface area contributed by atoms with Crippen molar-refractivity contribution in [3.63, 3.8) is 0 Å². The Kier molecular flexibility index (Phi) is 6.64. The number of nitrogens with two attached hydrogens (primary N) is 1. The number of primary amides is 1. The van der Waals surface area contributed by atoms with Crippen LogP contribution < -0.4 is 16.4 Å². The molecule has 0 saturated heterocycles. The lowest BCUT2D eigenvalue weighted by Crippen LogP contribution is -2.44. The summed E-state index contributed by atoms with van der Waals surface area (Å²) < 4.78 is 0. The Bertz CT molecular complexity index is 418. The van der Waals surface area contributed by atoms with Crippen LogP contribution in [-0.4, -0.2) is 41.4 Å². The van der Waals surface area contributed by atoms with Gasteiger partial charge < -0.3 is 21.5 Å². The Morgan fingerprint density at radius 2 is 1.81 bits per heavy atom. The van der Waals surface area contributed by atoms with Crippen LogP contribution in [0.3, 0.4) is 0 Å². The van der Waals surface area contributed by atoms with E-state index in [9.17, 15) is 19.2 Å². The number of nitrogens with one attached hydrogen (secondary N) is 2. The Labute approximate surface area is 122 Å². The summed E-state index contributed by atoms with van der Waals surface area (Å²) in [5.41, 5.74) is 4.91. The van der Waals surface area contributed by atoms with E-state index in [-0.39, 0.29) is 24.8 Å². The third-order valence-electron chi connectivity index (χ3n) is 3.42. The number of amides is 3. The molecule has 0 aromatic heterocycles. The topological polar surface area (TPSA) is 139 Å². The van der Waals surface area contributed by atoms with Crippen molar-refractivity contribution in [1.29, 1.82) is 0 Å². The standard InChI is InChI=1S/C13H21N3O5/c14-10(17)7-9(13(20)21)16-11(18)5-6-15-12(19)8-3-1-2-4-8/h8-9H,1-7H2,(H2,14,17)(H,15,19)(H,16,18)(H,20,21)/t9-/m0/s1. The summed E-state index contributed by atoms with van der Waals surface area (Å²) in [4.78, 5) is 44.8. The molecule has 1 atom stereocenters. The molecule has 1 fully saturated rings. The average molecular weight is 299 g/mol. The second kappa shape index (κ2) is 8.23. The number of carbonyl (C=O) groups is 4. The van der Waals surface area contributed by atoms with Crippen molar-refractivity contribution in [2.24, 2.45) is 11.7 Å². The number of carboxylic acids is 1. The number of rotatable bonds is 8. The van der Waals surface area contributed by atoms with Crippen molar-refractivity contribution in [3.05, 3.63) is 0 Å². The molecular formula is C13H21N3O5. The van der Waals surface area contributed by atoms with Crippen molar-refractivity contribution in [3.8, 4) is 0 Å². The molecule has 0 unspecified atom stereocenters. The highest BCUT2D eigenvalue weighted by Gasteiger charge is 2.23. The summed E-state index contributed by atoms with van der Waals surface area (Å²) in [6, 6.07) is -1.33. The zero-order valence-electron chi connectivity index (χ0n) is 11.8. The number of carbonyl (C=O) groups excluding carboxylic acids is 3. The third kappa shape index (κ3) is 6.24. The minimum Gasteiger partial charge on any atom is -0.480 e. The first-order valence-corrected chi connectivity index (χ1v) is 6.98. The highest BCUT2D eigenvalue weighted by atomic mass is 16.4. The maximum Gasteiger partial charge on any atom is 0.326 e. The molecule has 0 heterocycles. The minimum atomic E-state index is -1.33. The summed E-state index contributed by atoms with van der Waals surface area (Å²) in [6.45, 7) is 0.143. The second-order valence-electron chi connectivity index (χ2n) is 5.15. The zero-order valence-corrected chi connectivity index (χ0v) is 11.8. The average Bonchev–Trinajstić information content (AvgIpc) is 2.91. The molecule has 0 spiro atoms. The lowest BCUT2D eigenvalue weighted by molar-refractivity contribution is -0.143. The molecule has 0 aliphatic heterocycles. The fraction of sp³-hybridized carbons (Fsp3) is 0.692. The smallest absolute Gasteiger partial charge is 0.326 e. The van der Waals surface area contributed by atoms with Gasteiger partial charge >= 0.3 is 5.97 Å². The van der Waals surface area contributed by atoms with Crippen molar-refractivity contribution in [1.82, 2.24) is 10.6 Å². The highest BCUT2D eigenvalue weighted by molar-refractivity contribution is 5.88. The first-order valence-electron chi connectivity index (χ1n) is 6.98. The molecule has 1 aliphatic rings. The first-order chi connectivity index (χ1) is 9.90. The van der Waals surface area contributed by atoms with Gasteiger partial charge in [-0.1, -0.05) is 12.8 Å². The number of hydrogen-bond acceptors (Lipinski definition) is 4. The lowest BCUT2D eigenvalue weighted by Gasteiger charge is -2.13. The van der Waals surface area contributed by atoms with Crippen LogP contribution in [0.5, 0.6) is 0 Å². The van der Waals surface area contributed by atoms with Gasteiger partial charge in [0.25, 0.3) is 0 Å². The third-order valence-corrected chi connectivity index (χ3v) is 3.42. The molecule has 1 aliphatic carbocycles. The van der Waals surface area contributed by atoms with E-state index in [1.165, 1.54) is 0 Å². The van der Waals surface area contributed by atoms with Gasteiger partial charge in [0, 0.05) is 18.9 Å². The van der Waals surface area contributed by atoms with Gasteiger partial charge in [0.15, 0.2) is 0 Å². The van der Waals surface area contributed by atoms with E-state index in [2.05, 4.69) is 10.6 Å². The maximum absolute atomic E-state index is 11.7. The molecule has 1 saturated carbocycles. The van der Waals surface area contributed by atoms with E-state index in [0.717, 1.165) is 25.7 Å². The zero-order chi connectivity index (χ0) is 15.8. The van der Waals surface area contributed by atoms with Crippen molar-refractivity contribution in [2.75, 3.05) is 6.54 Å². The molecule has 5 N–H and O–H groups in total. The summed E-state index contributed by atoms with van der Waals surface area (Å²) in [7, 11) is 0. The van der Waals surface area contributed by atoms with Gasteiger partial charge in [-0.2, -0.15) is 0 Å². The van der Waals surface area contributed by atoms with E-state index in [1.54, 1.807) is 0 Å². The van der Waals surface area contributed by atoms with Crippen LogP contribution in [0.1, 0.15) is 38.5 Å². The van der Waals surface area contributed by atoms with E-state index >= 15 is 0 Å². The summed E-state index contributed by atoms with van der Waals surface area (Å²) in [5.74, 6) is -2.72. The normalized spacial score (nSPS) is 16.2. The molecule has 0 aromatic carbocycles. The van der Waals surface area contributed by atoms with Crippen LogP contribution in [0.15, 0.2) is 0 Å². The Balaban J connectivity index is 2.27. The monoisotopic (exact) mass is 299 g/mol. The molecule has 8 heteroatoms. The predicted octanol–water partition coefficient (Wildman–Crippen LogP) is -0.872. The van der Waals surface area contributed by atoms with Crippen LogP contribution >= 0.6 is 0 Å². The summed E-state index contributed by atoms with van der Waals surface area (Å²) in [5, 5.41) is 13.7. The summed E-state index contributed by atoms with van der Waals surface area (Å²) >= 11 is 0. The molecule has 0 radical (unpaired) electrons. The SMILES string of the molecule is NC(=O)C[C@H](NC(=O)CCNC(=O)C1CCCC1)C(=O)O. The first kappa shape index (κ1) is 16.9. The van der Waals surface area contributed by atoms with E-state index in [0.29, 0.717) is 0 Å². The molecule has 118 valence electrons. The van der Waals surface area contributed by atoms with Gasteiger partial charge in [0.05, 0.1) is 6.42 Å². The van der Waals surface area contributed by atoms with Gasteiger partial charge in [-0.15, -0.1) is 0 Å². The number of aliphatic carboxylic acids is 1. The molecule has 21 heavy (non-hydrogen) atoms. The van der Waals surface area contributed by atoms with Gasteiger partial charge in [-0.3, -0.25) is 14.4 Å². The van der Waals surface area contributed by atoms with Gasteiger partial charge in [0.1, 0.15) is 6.04 Å². The molecule has 8 nitrogen and oxygen atoms in total. The number of hydrogen-bond donors (Lipinski definition) is 4. The Morgan fingerprint density at radius 1 is 1.19 bits per heavy atom. The number of carboxylic acid groups (broad SMARTS) is 1. The fourth-order valence-corrected chi connectivity index (χ4v) is 2.30. The van der Waals surface area contributed by atoms with Crippen LogP contribution in [0.4, 0.5) is 0 Å². The largest absolute Gasteiger partial charge is 0.480 e.